The monoisotopic (exact) mass is 300 g/mol. The van der Waals surface area contributed by atoms with Crippen LogP contribution in [0, 0.1) is 17.2 Å². The van der Waals surface area contributed by atoms with Crippen molar-refractivity contribution in [2.24, 2.45) is 17.6 Å². The van der Waals surface area contributed by atoms with Gasteiger partial charge in [0.2, 0.25) is 0 Å². The Labute approximate surface area is 136 Å². The van der Waals surface area contributed by atoms with Crippen molar-refractivity contribution in [1.82, 2.24) is 0 Å². The van der Waals surface area contributed by atoms with Gasteiger partial charge in [-0.3, -0.25) is 5.41 Å². The van der Waals surface area contributed by atoms with E-state index in [9.17, 15) is 0 Å². The second kappa shape index (κ2) is 5.24. The fourth-order valence-corrected chi connectivity index (χ4v) is 4.06. The van der Waals surface area contributed by atoms with Crippen molar-refractivity contribution >= 4 is 11.4 Å². The van der Waals surface area contributed by atoms with Crippen LogP contribution in [0.15, 0.2) is 77.9 Å². The highest BCUT2D eigenvalue weighted by Crippen LogP contribution is 2.64. The molecule has 2 heteroatoms. The lowest BCUT2D eigenvalue weighted by Crippen LogP contribution is -2.17. The molecule has 2 nitrogen and oxygen atoms in total. The van der Waals surface area contributed by atoms with Crippen LogP contribution < -0.4 is 5.73 Å². The molecule has 0 heterocycles. The molecule has 1 fully saturated rings. The Hall–Kier alpha value is -2.61. The van der Waals surface area contributed by atoms with Crippen molar-refractivity contribution in [2.75, 3.05) is 0 Å². The van der Waals surface area contributed by atoms with Crippen LogP contribution in [-0.4, -0.2) is 5.84 Å². The molecule has 2 unspecified atom stereocenters. The topological polar surface area (TPSA) is 49.9 Å². The average Bonchev–Trinajstić information content (AvgIpc) is 3.32. The molecule has 3 N–H and O–H groups in total. The quantitative estimate of drug-likeness (QED) is 0.642. The zero-order chi connectivity index (χ0) is 16.0. The van der Waals surface area contributed by atoms with Gasteiger partial charge in [0.05, 0.1) is 0 Å². The number of benzene rings is 2. The molecule has 0 radical (unpaired) electrons. The molecule has 2 aliphatic carbocycles. The van der Waals surface area contributed by atoms with E-state index in [1.54, 1.807) is 0 Å². The van der Waals surface area contributed by atoms with Gasteiger partial charge in [-0.05, 0) is 47.1 Å². The van der Waals surface area contributed by atoms with Crippen LogP contribution in [0.4, 0.5) is 0 Å². The highest BCUT2D eigenvalue weighted by atomic mass is 14.7. The Morgan fingerprint density at radius 3 is 2.09 bits per heavy atom. The summed E-state index contributed by atoms with van der Waals surface area (Å²) in [4.78, 5) is 0. The van der Waals surface area contributed by atoms with Crippen molar-refractivity contribution in [3.8, 4) is 0 Å². The van der Waals surface area contributed by atoms with E-state index in [0.717, 1.165) is 5.57 Å². The Balaban J connectivity index is 1.81. The first kappa shape index (κ1) is 14.0. The normalized spacial score (nSPS) is 25.6. The van der Waals surface area contributed by atoms with Crippen molar-refractivity contribution in [1.29, 1.82) is 5.41 Å². The Kier molecular flexibility index (Phi) is 3.19. The van der Waals surface area contributed by atoms with E-state index in [2.05, 4.69) is 67.6 Å². The molecule has 2 aliphatic rings. The van der Waals surface area contributed by atoms with Crippen LogP contribution in [0.1, 0.15) is 24.0 Å². The molecular weight excluding hydrogens is 280 g/mol. The lowest BCUT2D eigenvalue weighted by Gasteiger charge is -2.17. The van der Waals surface area contributed by atoms with Gasteiger partial charge >= 0.3 is 0 Å². The van der Waals surface area contributed by atoms with Crippen LogP contribution in [0.3, 0.4) is 0 Å². The minimum absolute atomic E-state index is 0.208. The molecule has 114 valence electrons. The highest BCUT2D eigenvalue weighted by molar-refractivity contribution is 6.00. The average molecular weight is 300 g/mol. The molecule has 0 bridgehead atoms. The fourth-order valence-electron chi connectivity index (χ4n) is 4.06. The molecule has 4 rings (SSSR count). The highest BCUT2D eigenvalue weighted by Gasteiger charge is 2.56. The van der Waals surface area contributed by atoms with Crippen LogP contribution in [0.5, 0.6) is 0 Å². The van der Waals surface area contributed by atoms with E-state index in [0.29, 0.717) is 17.8 Å². The molecule has 2 aromatic carbocycles. The van der Waals surface area contributed by atoms with E-state index in [-0.39, 0.29) is 5.84 Å². The van der Waals surface area contributed by atoms with Crippen LogP contribution in [0.25, 0.3) is 5.57 Å². The standard InChI is InChI=1S/C21H20N2/c1-13-16(14-8-4-2-5-9-14)12-17(21(22)23)20-18(13)19(20)15-10-6-3-7-11-15/h2-12,18-20H,1H3,(H3,22,23)/t18-,19?,20?/m1/s1. The van der Waals surface area contributed by atoms with E-state index in [4.69, 9.17) is 11.1 Å². The summed E-state index contributed by atoms with van der Waals surface area (Å²) in [7, 11) is 0. The summed E-state index contributed by atoms with van der Waals surface area (Å²) in [6, 6.07) is 21.0. The Bertz CT molecular complexity index is 815. The summed E-state index contributed by atoms with van der Waals surface area (Å²) in [6.45, 7) is 2.23. The van der Waals surface area contributed by atoms with Crippen molar-refractivity contribution in [3.63, 3.8) is 0 Å². The van der Waals surface area contributed by atoms with E-state index in [1.165, 1.54) is 22.3 Å². The summed E-state index contributed by atoms with van der Waals surface area (Å²) >= 11 is 0. The molecule has 0 spiro atoms. The molecule has 0 amide bonds. The third-order valence-electron chi connectivity index (χ3n) is 5.18. The number of allylic oxidation sites excluding steroid dienone is 3. The number of hydrogen-bond donors (Lipinski definition) is 2. The first-order valence-corrected chi connectivity index (χ1v) is 8.05. The predicted octanol–water partition coefficient (Wildman–Crippen LogP) is 4.37. The Morgan fingerprint density at radius 2 is 1.48 bits per heavy atom. The summed E-state index contributed by atoms with van der Waals surface area (Å²) in [5, 5.41) is 8.00. The van der Waals surface area contributed by atoms with Gasteiger partial charge < -0.3 is 5.73 Å². The first-order chi connectivity index (χ1) is 11.2. The van der Waals surface area contributed by atoms with Crippen molar-refractivity contribution in [2.45, 2.75) is 12.8 Å². The van der Waals surface area contributed by atoms with E-state index >= 15 is 0 Å². The van der Waals surface area contributed by atoms with Crippen LogP contribution in [-0.2, 0) is 0 Å². The van der Waals surface area contributed by atoms with Gasteiger partial charge in [-0.25, -0.2) is 0 Å². The van der Waals surface area contributed by atoms with Gasteiger partial charge in [-0.2, -0.15) is 0 Å². The second-order valence-corrected chi connectivity index (χ2v) is 6.46. The second-order valence-electron chi connectivity index (χ2n) is 6.46. The van der Waals surface area contributed by atoms with Crippen molar-refractivity contribution < 1.29 is 0 Å². The smallest absolute Gasteiger partial charge is 0.118 e. The predicted molar refractivity (Wildman–Crippen MR) is 95.2 cm³/mol. The van der Waals surface area contributed by atoms with Gasteiger partial charge in [0.15, 0.2) is 0 Å². The zero-order valence-corrected chi connectivity index (χ0v) is 13.2. The molecule has 0 saturated heterocycles. The molecule has 23 heavy (non-hydrogen) atoms. The number of hydrogen-bond acceptors (Lipinski definition) is 1. The summed E-state index contributed by atoms with van der Waals surface area (Å²) in [5.74, 6) is 1.49. The minimum atomic E-state index is 0.208. The van der Waals surface area contributed by atoms with Gasteiger partial charge in [0.25, 0.3) is 0 Å². The van der Waals surface area contributed by atoms with Gasteiger partial charge in [-0.15, -0.1) is 0 Å². The van der Waals surface area contributed by atoms with Crippen molar-refractivity contribution in [3.05, 3.63) is 89.0 Å². The maximum atomic E-state index is 8.00. The molecule has 0 aromatic heterocycles. The number of amidine groups is 1. The minimum Gasteiger partial charge on any atom is -0.384 e. The van der Waals surface area contributed by atoms with Gasteiger partial charge in [0.1, 0.15) is 5.84 Å². The largest absolute Gasteiger partial charge is 0.384 e. The van der Waals surface area contributed by atoms with Crippen LogP contribution in [0.2, 0.25) is 0 Å². The molecule has 1 saturated carbocycles. The molecular formula is C21H20N2. The molecule has 2 aromatic rings. The number of rotatable bonds is 3. The first-order valence-electron chi connectivity index (χ1n) is 8.05. The molecule has 0 aliphatic heterocycles. The third-order valence-corrected chi connectivity index (χ3v) is 5.18. The van der Waals surface area contributed by atoms with Crippen LogP contribution >= 0.6 is 0 Å². The molecule has 3 atom stereocenters. The van der Waals surface area contributed by atoms with Gasteiger partial charge in [-0.1, -0.05) is 66.2 Å². The summed E-state index contributed by atoms with van der Waals surface area (Å²) in [5.41, 5.74) is 12.1. The summed E-state index contributed by atoms with van der Waals surface area (Å²) < 4.78 is 0. The number of nitrogens with one attached hydrogen (secondary N) is 1. The lowest BCUT2D eigenvalue weighted by molar-refractivity contribution is 0.889. The zero-order valence-electron chi connectivity index (χ0n) is 13.2. The SMILES string of the molecule is CC1=C(c2ccccc2)C=C(C(=N)N)C2C(c3ccccc3)[C@@H]12. The Morgan fingerprint density at radius 1 is 0.870 bits per heavy atom. The van der Waals surface area contributed by atoms with Gasteiger partial charge in [0, 0.05) is 5.92 Å². The van der Waals surface area contributed by atoms with E-state index in [1.807, 2.05) is 6.07 Å². The third kappa shape index (κ3) is 2.22. The van der Waals surface area contributed by atoms with E-state index < -0.39 is 0 Å². The maximum absolute atomic E-state index is 8.00. The number of fused-ring (bicyclic) bond motifs is 1. The number of nitrogens with two attached hydrogens (primary N) is 1. The fraction of sp³-hybridized carbons (Fsp3) is 0.190. The maximum Gasteiger partial charge on any atom is 0.118 e. The summed E-state index contributed by atoms with van der Waals surface area (Å²) in [6.07, 6.45) is 2.14. The lowest BCUT2D eigenvalue weighted by atomic mass is 9.89.